The average molecular weight is 962 g/mol. The van der Waals surface area contributed by atoms with Gasteiger partial charge in [0.2, 0.25) is 0 Å². The summed E-state index contributed by atoms with van der Waals surface area (Å²) in [6.45, 7) is 14.3. The number of rotatable bonds is 5. The standard InChI is InChI=1S/C67H51N3S2/c1-64(2)46-29-15-13-25-42(46)55-48(64)34-36-51-62(55)71-60-44(27-19-31-50(60)66(51,5)6)58-57(54-33-17-18-38-68-54)59(70-39-69-58)45-28-20-32-52-61(45)72-63-53(37-35-49-56(63)43-26-14-16-30-47(43)65(49,3)4)67(52,40-21-9-7-10-22-40)41-23-11-8-12-24-41/h7-39H,1-6H3. The largest absolute Gasteiger partial charge is 0.256 e. The lowest BCUT2D eigenvalue weighted by atomic mass is 9.64. The van der Waals surface area contributed by atoms with E-state index in [0.29, 0.717) is 0 Å². The molecule has 0 spiro atoms. The monoisotopic (exact) mass is 961 g/mol. The van der Waals surface area contributed by atoms with Gasteiger partial charge in [-0.05, 0) is 78.9 Å². The summed E-state index contributed by atoms with van der Waals surface area (Å²) in [5.74, 6) is 0. The van der Waals surface area contributed by atoms with Crippen LogP contribution in [0.4, 0.5) is 0 Å². The fourth-order valence-corrected chi connectivity index (χ4v) is 16.3. The van der Waals surface area contributed by atoms with Gasteiger partial charge in [0.05, 0.1) is 28.1 Å². The van der Waals surface area contributed by atoms with E-state index in [4.69, 9.17) is 15.0 Å². The van der Waals surface area contributed by atoms with Crippen LogP contribution >= 0.6 is 23.5 Å². The maximum Gasteiger partial charge on any atom is 0.116 e. The Labute approximate surface area is 430 Å². The van der Waals surface area contributed by atoms with Gasteiger partial charge in [-0.25, -0.2) is 9.97 Å². The van der Waals surface area contributed by atoms with Crippen LogP contribution in [0.3, 0.4) is 0 Å². The molecule has 2 aromatic heterocycles. The van der Waals surface area contributed by atoms with Gasteiger partial charge in [-0.15, -0.1) is 0 Å². The predicted octanol–water partition coefficient (Wildman–Crippen LogP) is 17.1. The highest BCUT2D eigenvalue weighted by Crippen LogP contribution is 2.64. The molecule has 4 aliphatic rings. The summed E-state index contributed by atoms with van der Waals surface area (Å²) in [6, 6.07) is 70.0. The van der Waals surface area contributed by atoms with Crippen LogP contribution in [0.25, 0.3) is 56.0 Å². The minimum Gasteiger partial charge on any atom is -0.256 e. The zero-order chi connectivity index (χ0) is 48.7. The van der Waals surface area contributed by atoms with Crippen LogP contribution in [0.15, 0.2) is 220 Å². The Morgan fingerprint density at radius 1 is 0.306 bits per heavy atom. The molecular weight excluding hydrogens is 911 g/mol. The molecule has 0 radical (unpaired) electrons. The van der Waals surface area contributed by atoms with Gasteiger partial charge >= 0.3 is 0 Å². The van der Waals surface area contributed by atoms with Crippen LogP contribution in [-0.4, -0.2) is 15.0 Å². The van der Waals surface area contributed by atoms with Gasteiger partial charge in [0.1, 0.15) is 6.33 Å². The van der Waals surface area contributed by atoms with E-state index < -0.39 is 5.41 Å². The SMILES string of the molecule is CC1(C)c2cccc(-c3ncnc(-c4cccc5c4Sc4c(ccc6c4-c4ccccc4C6(C)C)C5(c4ccccc4)c4ccccc4)c3-c3ccccn3)c2Sc2c1ccc1c2-c2ccccc2C1(C)C. The van der Waals surface area contributed by atoms with E-state index >= 15 is 0 Å². The van der Waals surface area contributed by atoms with Crippen LogP contribution in [0.2, 0.25) is 0 Å². The average Bonchev–Trinajstić information content (AvgIpc) is 3.81. The van der Waals surface area contributed by atoms with Crippen molar-refractivity contribution in [3.8, 4) is 56.0 Å². The number of aromatic nitrogens is 3. The Morgan fingerprint density at radius 2 is 0.708 bits per heavy atom. The third-order valence-electron chi connectivity index (χ3n) is 16.7. The predicted molar refractivity (Wildman–Crippen MR) is 296 cm³/mol. The van der Waals surface area contributed by atoms with E-state index in [1.54, 1.807) is 6.33 Å². The highest BCUT2D eigenvalue weighted by atomic mass is 32.2. The normalized spacial score (nSPS) is 16.2. The second kappa shape index (κ2) is 15.6. The molecule has 10 aromatic rings. The number of nitrogens with zero attached hydrogens (tertiary/aromatic N) is 3. The number of pyridine rings is 1. The van der Waals surface area contributed by atoms with E-state index in [2.05, 4.69) is 224 Å². The van der Waals surface area contributed by atoms with Crippen LogP contribution in [0.5, 0.6) is 0 Å². The lowest BCUT2D eigenvalue weighted by Gasteiger charge is -2.43. The fraction of sp³-hybridized carbons (Fsp3) is 0.149. The molecule has 346 valence electrons. The summed E-state index contributed by atoms with van der Waals surface area (Å²) in [6.07, 6.45) is 3.69. The van der Waals surface area contributed by atoms with Crippen molar-refractivity contribution in [2.24, 2.45) is 0 Å². The van der Waals surface area contributed by atoms with Crippen molar-refractivity contribution >= 4 is 23.5 Å². The zero-order valence-corrected chi connectivity index (χ0v) is 42.8. The van der Waals surface area contributed by atoms with E-state index in [-0.39, 0.29) is 16.2 Å². The van der Waals surface area contributed by atoms with E-state index in [1.807, 2.05) is 35.8 Å². The molecule has 0 saturated carbocycles. The van der Waals surface area contributed by atoms with Crippen LogP contribution in [0, 0.1) is 0 Å². The number of hydrogen-bond donors (Lipinski definition) is 0. The molecule has 0 fully saturated rings. The second-order valence-electron chi connectivity index (χ2n) is 21.4. The smallest absolute Gasteiger partial charge is 0.116 e. The quantitative estimate of drug-likeness (QED) is 0.172. The van der Waals surface area contributed by atoms with Crippen LogP contribution in [-0.2, 0) is 21.7 Å². The summed E-state index contributed by atoms with van der Waals surface area (Å²) in [4.78, 5) is 20.9. The zero-order valence-electron chi connectivity index (χ0n) is 41.2. The first-order valence-corrected chi connectivity index (χ1v) is 26.7. The summed E-state index contributed by atoms with van der Waals surface area (Å²) in [7, 11) is 0. The fourth-order valence-electron chi connectivity index (χ4n) is 13.2. The number of hydrogen-bond acceptors (Lipinski definition) is 5. The minimum absolute atomic E-state index is 0.106. The first-order valence-electron chi connectivity index (χ1n) is 25.1. The van der Waals surface area contributed by atoms with Crippen LogP contribution in [0.1, 0.15) is 97.2 Å². The highest BCUT2D eigenvalue weighted by Gasteiger charge is 2.49. The summed E-state index contributed by atoms with van der Waals surface area (Å²) >= 11 is 3.82. The molecular formula is C67H51N3S2. The lowest BCUT2D eigenvalue weighted by molar-refractivity contribution is 0.605. The third kappa shape index (κ3) is 5.81. The van der Waals surface area contributed by atoms with Gasteiger partial charge in [0.15, 0.2) is 0 Å². The summed E-state index contributed by atoms with van der Waals surface area (Å²) < 4.78 is 0. The maximum absolute atomic E-state index is 5.39. The van der Waals surface area contributed by atoms with Gasteiger partial charge in [0, 0.05) is 64.3 Å². The molecule has 3 nitrogen and oxygen atoms in total. The summed E-state index contributed by atoms with van der Waals surface area (Å²) in [5, 5.41) is 0. The van der Waals surface area contributed by atoms with Gasteiger partial charge in [-0.3, -0.25) is 4.98 Å². The Morgan fingerprint density at radius 3 is 1.26 bits per heavy atom. The molecule has 2 aliphatic heterocycles. The molecule has 0 bridgehead atoms. The molecule has 0 atom stereocenters. The van der Waals surface area contributed by atoms with Crippen molar-refractivity contribution in [2.45, 2.75) is 82.8 Å². The lowest BCUT2D eigenvalue weighted by Crippen LogP contribution is -2.34. The molecule has 4 heterocycles. The second-order valence-corrected chi connectivity index (χ2v) is 23.4. The van der Waals surface area contributed by atoms with Gasteiger partial charge in [-0.2, -0.15) is 0 Å². The van der Waals surface area contributed by atoms with Gasteiger partial charge in [-0.1, -0.05) is 241 Å². The Balaban J connectivity index is 1.05. The molecule has 0 N–H and O–H groups in total. The van der Waals surface area contributed by atoms with Crippen molar-refractivity contribution in [3.05, 3.63) is 256 Å². The topological polar surface area (TPSA) is 38.7 Å². The molecule has 72 heavy (non-hydrogen) atoms. The van der Waals surface area contributed by atoms with Crippen molar-refractivity contribution < 1.29 is 0 Å². The molecule has 8 aromatic carbocycles. The Hall–Kier alpha value is -7.31. The first-order chi connectivity index (χ1) is 35.0. The van der Waals surface area contributed by atoms with Crippen molar-refractivity contribution in [1.82, 2.24) is 15.0 Å². The van der Waals surface area contributed by atoms with Crippen LogP contribution < -0.4 is 0 Å². The third-order valence-corrected chi connectivity index (χ3v) is 19.2. The Kier molecular flexibility index (Phi) is 9.42. The van der Waals surface area contributed by atoms with Crippen molar-refractivity contribution in [3.63, 3.8) is 0 Å². The maximum atomic E-state index is 5.39. The van der Waals surface area contributed by atoms with Crippen molar-refractivity contribution in [1.29, 1.82) is 0 Å². The highest BCUT2D eigenvalue weighted by molar-refractivity contribution is 8.00. The molecule has 14 rings (SSSR count). The summed E-state index contributed by atoms with van der Waals surface area (Å²) in [5.41, 5.74) is 22.9. The van der Waals surface area contributed by atoms with E-state index in [0.717, 1.165) is 33.8 Å². The van der Waals surface area contributed by atoms with E-state index in [9.17, 15) is 0 Å². The molecule has 0 unspecified atom stereocenters. The minimum atomic E-state index is -0.659. The number of benzene rings is 8. The van der Waals surface area contributed by atoms with Gasteiger partial charge in [0.25, 0.3) is 0 Å². The first kappa shape index (κ1) is 43.5. The van der Waals surface area contributed by atoms with Crippen molar-refractivity contribution in [2.75, 3.05) is 0 Å². The van der Waals surface area contributed by atoms with Gasteiger partial charge < -0.3 is 0 Å². The Bertz CT molecular complexity index is 3850. The molecule has 5 heteroatoms. The van der Waals surface area contributed by atoms with E-state index in [1.165, 1.54) is 97.5 Å². The molecule has 2 aliphatic carbocycles. The molecule has 0 saturated heterocycles. The molecule has 0 amide bonds. The number of fused-ring (bicyclic) bond motifs is 12.